The van der Waals surface area contributed by atoms with Gasteiger partial charge in [-0.1, -0.05) is 11.6 Å². The molecule has 0 fully saturated rings. The van der Waals surface area contributed by atoms with Gasteiger partial charge in [-0.25, -0.2) is 4.39 Å². The molecule has 0 atom stereocenters. The number of hydrogen-bond donors (Lipinski definition) is 2. The Morgan fingerprint density at radius 2 is 2.05 bits per heavy atom. The SMILES string of the molecule is COc1ccc(NC(=O)c2cc3cc(F)ccc3[nH]2)cc1Cl. The molecule has 0 aliphatic carbocycles. The fourth-order valence-corrected chi connectivity index (χ4v) is 2.43. The zero-order valence-corrected chi connectivity index (χ0v) is 12.4. The van der Waals surface area contributed by atoms with Gasteiger partial charge >= 0.3 is 0 Å². The highest BCUT2D eigenvalue weighted by molar-refractivity contribution is 6.32. The van der Waals surface area contributed by atoms with E-state index in [2.05, 4.69) is 10.3 Å². The number of carbonyl (C=O) groups excluding carboxylic acids is 1. The second-order valence-corrected chi connectivity index (χ2v) is 5.13. The van der Waals surface area contributed by atoms with Crippen LogP contribution in [-0.2, 0) is 0 Å². The monoisotopic (exact) mass is 318 g/mol. The third kappa shape index (κ3) is 2.76. The molecule has 3 aromatic rings. The molecular formula is C16H12ClFN2O2. The van der Waals surface area contributed by atoms with Crippen molar-refractivity contribution < 1.29 is 13.9 Å². The first-order valence-corrected chi connectivity index (χ1v) is 6.88. The van der Waals surface area contributed by atoms with Crippen molar-refractivity contribution in [2.45, 2.75) is 0 Å². The minimum absolute atomic E-state index is 0.335. The zero-order valence-electron chi connectivity index (χ0n) is 11.6. The van der Waals surface area contributed by atoms with Crippen LogP contribution in [0.1, 0.15) is 10.5 Å². The summed E-state index contributed by atoms with van der Waals surface area (Å²) in [7, 11) is 1.52. The Hall–Kier alpha value is -2.53. The second-order valence-electron chi connectivity index (χ2n) is 4.72. The summed E-state index contributed by atoms with van der Waals surface area (Å²) in [6.45, 7) is 0. The van der Waals surface area contributed by atoms with Crippen molar-refractivity contribution in [2.24, 2.45) is 0 Å². The summed E-state index contributed by atoms with van der Waals surface area (Å²) in [4.78, 5) is 15.2. The van der Waals surface area contributed by atoms with Crippen molar-refractivity contribution in [1.82, 2.24) is 4.98 Å². The lowest BCUT2D eigenvalue weighted by molar-refractivity contribution is 0.102. The minimum Gasteiger partial charge on any atom is -0.495 e. The number of aromatic amines is 1. The van der Waals surface area contributed by atoms with Gasteiger partial charge in [-0.2, -0.15) is 0 Å². The molecular weight excluding hydrogens is 307 g/mol. The molecule has 1 amide bonds. The molecule has 2 N–H and O–H groups in total. The number of rotatable bonds is 3. The molecule has 1 aromatic heterocycles. The summed E-state index contributed by atoms with van der Waals surface area (Å²) in [5.41, 5.74) is 1.58. The molecule has 0 saturated carbocycles. The summed E-state index contributed by atoms with van der Waals surface area (Å²) < 4.78 is 18.2. The van der Waals surface area contributed by atoms with Crippen LogP contribution in [0.3, 0.4) is 0 Å². The number of methoxy groups -OCH3 is 1. The average molecular weight is 319 g/mol. The van der Waals surface area contributed by atoms with Gasteiger partial charge in [0.1, 0.15) is 17.3 Å². The minimum atomic E-state index is -0.347. The Labute approximate surface area is 130 Å². The van der Waals surface area contributed by atoms with Gasteiger partial charge < -0.3 is 15.0 Å². The van der Waals surface area contributed by atoms with Gasteiger partial charge in [-0.15, -0.1) is 0 Å². The fourth-order valence-electron chi connectivity index (χ4n) is 2.17. The quantitative estimate of drug-likeness (QED) is 0.759. The summed E-state index contributed by atoms with van der Waals surface area (Å²) >= 11 is 6.01. The number of nitrogens with one attached hydrogen (secondary N) is 2. The van der Waals surface area contributed by atoms with Gasteiger partial charge in [-0.3, -0.25) is 4.79 Å². The highest BCUT2D eigenvalue weighted by Crippen LogP contribution is 2.27. The largest absolute Gasteiger partial charge is 0.495 e. The summed E-state index contributed by atoms with van der Waals surface area (Å²) in [6.07, 6.45) is 0. The molecule has 0 aliphatic heterocycles. The van der Waals surface area contributed by atoms with Crippen LogP contribution in [0, 0.1) is 5.82 Å². The van der Waals surface area contributed by atoms with E-state index in [9.17, 15) is 9.18 Å². The normalized spacial score (nSPS) is 10.7. The van der Waals surface area contributed by atoms with E-state index < -0.39 is 0 Å². The Morgan fingerprint density at radius 1 is 1.23 bits per heavy atom. The van der Waals surface area contributed by atoms with Crippen LogP contribution in [0.25, 0.3) is 10.9 Å². The van der Waals surface area contributed by atoms with Gasteiger partial charge in [0.15, 0.2) is 0 Å². The van der Waals surface area contributed by atoms with Crippen molar-refractivity contribution in [3.8, 4) is 5.75 Å². The van der Waals surface area contributed by atoms with E-state index in [0.717, 1.165) is 0 Å². The molecule has 22 heavy (non-hydrogen) atoms. The van der Waals surface area contributed by atoms with Crippen molar-refractivity contribution in [3.63, 3.8) is 0 Å². The Morgan fingerprint density at radius 3 is 2.77 bits per heavy atom. The number of benzene rings is 2. The molecule has 0 unspecified atom stereocenters. The first-order valence-electron chi connectivity index (χ1n) is 6.50. The van der Waals surface area contributed by atoms with Crippen molar-refractivity contribution in [3.05, 3.63) is 59.0 Å². The van der Waals surface area contributed by atoms with E-state index in [1.807, 2.05) is 0 Å². The highest BCUT2D eigenvalue weighted by atomic mass is 35.5. The van der Waals surface area contributed by atoms with E-state index in [-0.39, 0.29) is 11.7 Å². The molecule has 4 nitrogen and oxygen atoms in total. The standard InChI is InChI=1S/C16H12ClFN2O2/c1-22-15-5-3-11(8-12(15)17)19-16(21)14-7-9-6-10(18)2-4-13(9)20-14/h2-8,20H,1H3,(H,19,21). The van der Waals surface area contributed by atoms with E-state index in [4.69, 9.17) is 16.3 Å². The topological polar surface area (TPSA) is 54.1 Å². The van der Waals surface area contributed by atoms with Crippen LogP contribution in [0.15, 0.2) is 42.5 Å². The Kier molecular flexibility index (Phi) is 3.73. The smallest absolute Gasteiger partial charge is 0.272 e. The molecule has 2 aromatic carbocycles. The van der Waals surface area contributed by atoms with E-state index in [1.165, 1.54) is 19.2 Å². The Bertz CT molecular complexity index is 860. The number of halogens is 2. The summed E-state index contributed by atoms with van der Waals surface area (Å²) in [5, 5.41) is 3.76. The maximum Gasteiger partial charge on any atom is 0.272 e. The lowest BCUT2D eigenvalue weighted by atomic mass is 10.2. The van der Waals surface area contributed by atoms with Crippen molar-refractivity contribution in [2.75, 3.05) is 12.4 Å². The summed E-state index contributed by atoms with van der Waals surface area (Å²) in [5.74, 6) is -0.154. The van der Waals surface area contributed by atoms with Crippen molar-refractivity contribution in [1.29, 1.82) is 0 Å². The molecule has 0 spiro atoms. The van der Waals surface area contributed by atoms with Crippen LogP contribution >= 0.6 is 11.6 Å². The maximum absolute atomic E-state index is 13.2. The first kappa shape index (κ1) is 14.4. The predicted octanol–water partition coefficient (Wildman–Crippen LogP) is 4.22. The second kappa shape index (κ2) is 5.69. The lowest BCUT2D eigenvalue weighted by Crippen LogP contribution is -2.12. The van der Waals surface area contributed by atoms with E-state index >= 15 is 0 Å². The van der Waals surface area contributed by atoms with E-state index in [1.54, 1.807) is 30.3 Å². The van der Waals surface area contributed by atoms with Crippen LogP contribution in [-0.4, -0.2) is 18.0 Å². The third-order valence-corrected chi connectivity index (χ3v) is 3.53. The van der Waals surface area contributed by atoms with Crippen LogP contribution < -0.4 is 10.1 Å². The predicted molar refractivity (Wildman–Crippen MR) is 84.2 cm³/mol. The molecule has 3 rings (SSSR count). The van der Waals surface area contributed by atoms with Gasteiger partial charge in [0.2, 0.25) is 0 Å². The molecule has 0 radical (unpaired) electrons. The molecule has 112 valence electrons. The van der Waals surface area contributed by atoms with Gasteiger partial charge in [0.25, 0.3) is 5.91 Å². The third-order valence-electron chi connectivity index (χ3n) is 3.24. The zero-order chi connectivity index (χ0) is 15.7. The lowest BCUT2D eigenvalue weighted by Gasteiger charge is -2.07. The van der Waals surface area contributed by atoms with Gasteiger partial charge in [-0.05, 0) is 42.5 Å². The summed E-state index contributed by atoms with van der Waals surface area (Å²) in [6, 6.07) is 10.8. The number of anilines is 1. The number of amides is 1. The number of hydrogen-bond acceptors (Lipinski definition) is 2. The molecule has 0 aliphatic rings. The highest BCUT2D eigenvalue weighted by Gasteiger charge is 2.11. The number of fused-ring (bicyclic) bond motifs is 1. The fraction of sp³-hybridized carbons (Fsp3) is 0.0625. The molecule has 1 heterocycles. The van der Waals surface area contributed by atoms with Crippen LogP contribution in [0.5, 0.6) is 5.75 Å². The van der Waals surface area contributed by atoms with Gasteiger partial charge in [0, 0.05) is 16.6 Å². The average Bonchev–Trinajstić information content (AvgIpc) is 2.90. The van der Waals surface area contributed by atoms with Gasteiger partial charge in [0.05, 0.1) is 12.1 Å². The van der Waals surface area contributed by atoms with Crippen molar-refractivity contribution >= 4 is 34.1 Å². The first-order chi connectivity index (χ1) is 10.6. The number of aromatic nitrogens is 1. The maximum atomic E-state index is 13.2. The molecule has 0 saturated heterocycles. The molecule has 0 bridgehead atoms. The Balaban J connectivity index is 1.85. The van der Waals surface area contributed by atoms with Crippen LogP contribution in [0.4, 0.5) is 10.1 Å². The molecule has 6 heteroatoms. The number of ether oxygens (including phenoxy) is 1. The van der Waals surface area contributed by atoms with E-state index in [0.29, 0.717) is 33.1 Å². The number of H-pyrrole nitrogens is 1. The number of carbonyl (C=O) groups is 1. The van der Waals surface area contributed by atoms with Crippen LogP contribution in [0.2, 0.25) is 5.02 Å².